The molecule has 5 nitrogen and oxygen atoms in total. The summed E-state index contributed by atoms with van der Waals surface area (Å²) in [6.45, 7) is 0.252. The molecule has 124 valence electrons. The van der Waals surface area contributed by atoms with Gasteiger partial charge in [-0.3, -0.25) is 14.5 Å². The first-order chi connectivity index (χ1) is 12.1. The number of halogens is 1. The number of aromatic nitrogens is 1. The number of carbonyl (C=O) groups is 2. The van der Waals surface area contributed by atoms with Crippen molar-refractivity contribution in [3.8, 4) is 11.3 Å². The molecule has 3 aromatic rings. The van der Waals surface area contributed by atoms with Gasteiger partial charge in [-0.25, -0.2) is 0 Å². The molecule has 0 fully saturated rings. The van der Waals surface area contributed by atoms with Crippen LogP contribution < -0.4 is 0 Å². The van der Waals surface area contributed by atoms with E-state index in [1.165, 1.54) is 4.90 Å². The third-order valence-electron chi connectivity index (χ3n) is 4.16. The fraction of sp³-hybridized carbons (Fsp3) is 0.105. The van der Waals surface area contributed by atoms with Gasteiger partial charge in [0.1, 0.15) is 11.5 Å². The molecule has 4 rings (SSSR count). The minimum Gasteiger partial charge on any atom is -0.361 e. The van der Waals surface area contributed by atoms with E-state index in [2.05, 4.69) is 5.16 Å². The molecule has 0 saturated heterocycles. The first-order valence-corrected chi connectivity index (χ1v) is 8.18. The lowest BCUT2D eigenvalue weighted by Gasteiger charge is -2.11. The van der Waals surface area contributed by atoms with Crippen LogP contribution in [0.4, 0.5) is 0 Å². The molecule has 2 aromatic carbocycles. The molecule has 1 aromatic heterocycles. The highest BCUT2D eigenvalue weighted by atomic mass is 35.5. The van der Waals surface area contributed by atoms with E-state index in [0.29, 0.717) is 34.0 Å². The Balaban J connectivity index is 1.47. The van der Waals surface area contributed by atoms with Crippen molar-refractivity contribution >= 4 is 23.4 Å². The largest absolute Gasteiger partial charge is 0.361 e. The zero-order chi connectivity index (χ0) is 17.4. The van der Waals surface area contributed by atoms with Gasteiger partial charge in [-0.05, 0) is 24.3 Å². The molecule has 0 atom stereocenters. The Hall–Kier alpha value is -2.92. The monoisotopic (exact) mass is 352 g/mol. The second kappa shape index (κ2) is 6.18. The number of rotatable bonds is 4. The van der Waals surface area contributed by atoms with Crippen molar-refractivity contribution in [2.75, 3.05) is 6.54 Å². The van der Waals surface area contributed by atoms with E-state index >= 15 is 0 Å². The van der Waals surface area contributed by atoms with E-state index in [-0.39, 0.29) is 18.4 Å². The van der Waals surface area contributed by atoms with Crippen molar-refractivity contribution in [2.24, 2.45) is 0 Å². The summed E-state index contributed by atoms with van der Waals surface area (Å²) < 4.78 is 5.32. The Kier molecular flexibility index (Phi) is 3.86. The predicted octanol–water partition coefficient (Wildman–Crippen LogP) is 3.83. The quantitative estimate of drug-likeness (QED) is 0.669. The van der Waals surface area contributed by atoms with Crippen LogP contribution in [0.3, 0.4) is 0 Å². The molecule has 1 aliphatic heterocycles. The van der Waals surface area contributed by atoms with Gasteiger partial charge in [-0.1, -0.05) is 41.0 Å². The van der Waals surface area contributed by atoms with Gasteiger partial charge in [-0.15, -0.1) is 0 Å². The Morgan fingerprint density at radius 3 is 2.24 bits per heavy atom. The van der Waals surface area contributed by atoms with Crippen LogP contribution in [0, 0.1) is 0 Å². The molecule has 0 radical (unpaired) electrons. The van der Waals surface area contributed by atoms with Crippen LogP contribution in [-0.4, -0.2) is 28.4 Å². The molecular weight excluding hydrogens is 340 g/mol. The Morgan fingerprint density at radius 2 is 1.60 bits per heavy atom. The van der Waals surface area contributed by atoms with Crippen LogP contribution in [-0.2, 0) is 6.42 Å². The van der Waals surface area contributed by atoms with Crippen molar-refractivity contribution < 1.29 is 14.1 Å². The Bertz CT molecular complexity index is 928. The van der Waals surface area contributed by atoms with Crippen LogP contribution >= 0.6 is 11.6 Å². The van der Waals surface area contributed by atoms with Gasteiger partial charge in [0.25, 0.3) is 11.8 Å². The lowest BCUT2D eigenvalue weighted by Crippen LogP contribution is -2.31. The summed E-state index contributed by atoms with van der Waals surface area (Å²) in [5.41, 5.74) is 2.48. The Labute approximate surface area is 148 Å². The van der Waals surface area contributed by atoms with Crippen molar-refractivity contribution in [1.29, 1.82) is 0 Å². The van der Waals surface area contributed by atoms with E-state index in [4.69, 9.17) is 16.1 Å². The highest BCUT2D eigenvalue weighted by Gasteiger charge is 2.34. The third kappa shape index (κ3) is 2.83. The second-order valence-electron chi connectivity index (χ2n) is 5.74. The van der Waals surface area contributed by atoms with Gasteiger partial charge >= 0.3 is 0 Å². The molecule has 0 spiro atoms. The maximum Gasteiger partial charge on any atom is 0.261 e. The number of carbonyl (C=O) groups excluding carboxylic acids is 2. The summed E-state index contributed by atoms with van der Waals surface area (Å²) >= 11 is 5.88. The predicted molar refractivity (Wildman–Crippen MR) is 92.5 cm³/mol. The Morgan fingerprint density at radius 1 is 0.960 bits per heavy atom. The first kappa shape index (κ1) is 15.6. The first-order valence-electron chi connectivity index (χ1n) is 7.80. The van der Waals surface area contributed by atoms with Gasteiger partial charge in [0.05, 0.1) is 11.1 Å². The number of fused-ring (bicyclic) bond motifs is 1. The summed E-state index contributed by atoms with van der Waals surface area (Å²) in [5, 5.41) is 4.68. The van der Waals surface area contributed by atoms with Crippen molar-refractivity contribution in [3.63, 3.8) is 0 Å². The van der Waals surface area contributed by atoms with Crippen molar-refractivity contribution in [2.45, 2.75) is 6.42 Å². The number of nitrogens with zero attached hydrogens (tertiary/aromatic N) is 2. The van der Waals surface area contributed by atoms with Crippen molar-refractivity contribution in [3.05, 3.63) is 76.5 Å². The summed E-state index contributed by atoms with van der Waals surface area (Å²) in [7, 11) is 0. The van der Waals surface area contributed by atoms with Gasteiger partial charge in [0.2, 0.25) is 0 Å². The van der Waals surface area contributed by atoms with Crippen LogP contribution in [0.25, 0.3) is 11.3 Å². The maximum absolute atomic E-state index is 12.3. The molecular formula is C19H13ClN2O3. The minimum absolute atomic E-state index is 0.252. The van der Waals surface area contributed by atoms with Gasteiger partial charge < -0.3 is 4.52 Å². The van der Waals surface area contributed by atoms with Gasteiger partial charge in [0, 0.05) is 29.6 Å². The minimum atomic E-state index is -0.266. The van der Waals surface area contributed by atoms with Crippen LogP contribution in [0.2, 0.25) is 5.02 Å². The summed E-state index contributed by atoms with van der Waals surface area (Å²) in [6, 6.07) is 15.9. The normalized spacial score (nSPS) is 13.4. The van der Waals surface area contributed by atoms with E-state index < -0.39 is 0 Å². The molecule has 0 N–H and O–H groups in total. The summed E-state index contributed by atoms with van der Waals surface area (Å²) in [6.07, 6.45) is 0.409. The molecule has 0 unspecified atom stereocenters. The highest BCUT2D eigenvalue weighted by Crippen LogP contribution is 2.24. The maximum atomic E-state index is 12.3. The lowest BCUT2D eigenvalue weighted by atomic mass is 10.1. The molecule has 6 heteroatoms. The number of benzene rings is 2. The van der Waals surface area contributed by atoms with Gasteiger partial charge in [0.15, 0.2) is 0 Å². The zero-order valence-corrected chi connectivity index (χ0v) is 13.9. The molecule has 0 aliphatic carbocycles. The van der Waals surface area contributed by atoms with E-state index in [9.17, 15) is 9.59 Å². The highest BCUT2D eigenvalue weighted by molar-refractivity contribution is 6.30. The van der Waals surface area contributed by atoms with Gasteiger partial charge in [-0.2, -0.15) is 0 Å². The van der Waals surface area contributed by atoms with Crippen molar-refractivity contribution in [1.82, 2.24) is 10.1 Å². The second-order valence-corrected chi connectivity index (χ2v) is 6.18. The molecule has 25 heavy (non-hydrogen) atoms. The number of amides is 2. The number of imide groups is 1. The zero-order valence-electron chi connectivity index (χ0n) is 13.1. The topological polar surface area (TPSA) is 63.4 Å². The standard InChI is InChI=1S/C19H13ClN2O3/c20-13-7-5-12(6-8-13)17-11-14(25-21-17)9-10-22-18(23)15-3-1-2-4-16(15)19(22)24/h1-8,11H,9-10H2. The number of hydrogen-bond acceptors (Lipinski definition) is 4. The molecule has 2 heterocycles. The van der Waals surface area contributed by atoms with Crippen LogP contribution in [0.1, 0.15) is 26.5 Å². The van der Waals surface area contributed by atoms with Crippen LogP contribution in [0.15, 0.2) is 59.1 Å². The van der Waals surface area contributed by atoms with E-state index in [1.807, 2.05) is 12.1 Å². The molecule has 2 amide bonds. The fourth-order valence-corrected chi connectivity index (χ4v) is 2.98. The summed E-state index contributed by atoms with van der Waals surface area (Å²) in [5.74, 6) is 0.0811. The molecule has 1 aliphatic rings. The average Bonchev–Trinajstić information content (AvgIpc) is 3.19. The number of hydrogen-bond donors (Lipinski definition) is 0. The van der Waals surface area contributed by atoms with E-state index in [0.717, 1.165) is 5.56 Å². The fourth-order valence-electron chi connectivity index (χ4n) is 2.85. The smallest absolute Gasteiger partial charge is 0.261 e. The molecule has 0 bridgehead atoms. The average molecular weight is 353 g/mol. The third-order valence-corrected chi connectivity index (χ3v) is 4.41. The molecule has 0 saturated carbocycles. The summed E-state index contributed by atoms with van der Waals surface area (Å²) in [4.78, 5) is 25.9. The lowest BCUT2D eigenvalue weighted by molar-refractivity contribution is 0.0654. The SMILES string of the molecule is O=C1c2ccccc2C(=O)N1CCc1cc(-c2ccc(Cl)cc2)no1. The van der Waals surface area contributed by atoms with Crippen LogP contribution in [0.5, 0.6) is 0 Å². The van der Waals surface area contributed by atoms with E-state index in [1.54, 1.807) is 42.5 Å².